The van der Waals surface area contributed by atoms with Gasteiger partial charge in [-0.2, -0.15) is 0 Å². The second kappa shape index (κ2) is 9.37. The maximum atomic E-state index is 12.8. The Balaban J connectivity index is 1.82. The van der Waals surface area contributed by atoms with E-state index in [-0.39, 0.29) is 28.2 Å². The molecular weight excluding hydrogens is 386 g/mol. The molecule has 1 aliphatic heterocycles. The van der Waals surface area contributed by atoms with Crippen molar-refractivity contribution in [3.8, 4) is 0 Å². The molecule has 0 radical (unpaired) electrons. The van der Waals surface area contributed by atoms with E-state index >= 15 is 0 Å². The van der Waals surface area contributed by atoms with E-state index in [2.05, 4.69) is 34.8 Å². The summed E-state index contributed by atoms with van der Waals surface area (Å²) in [5, 5.41) is 18.0. The van der Waals surface area contributed by atoms with Crippen LogP contribution in [0.25, 0.3) is 0 Å². The van der Waals surface area contributed by atoms with Gasteiger partial charge in [0.25, 0.3) is 5.91 Å². The second-order valence-corrected chi connectivity index (χ2v) is 8.11. The number of aromatic nitrogens is 1. The monoisotopic (exact) mass is 413 g/mol. The summed E-state index contributed by atoms with van der Waals surface area (Å²) in [6.07, 6.45) is 3.44. The SMILES string of the molecule is CC(=N)c1c(NC2CCNCC2)ncc(C(=O)Nc2ccc(C(C)C)cc2)c1Cl. The third kappa shape index (κ3) is 5.14. The van der Waals surface area contributed by atoms with Gasteiger partial charge in [-0.1, -0.05) is 37.6 Å². The molecule has 4 N–H and O–H groups in total. The number of benzene rings is 1. The van der Waals surface area contributed by atoms with Crippen LogP contribution >= 0.6 is 11.6 Å². The lowest BCUT2D eigenvalue weighted by Crippen LogP contribution is -2.36. The lowest BCUT2D eigenvalue weighted by Gasteiger charge is -2.25. The van der Waals surface area contributed by atoms with Crippen molar-refractivity contribution in [1.82, 2.24) is 10.3 Å². The predicted octanol–water partition coefficient (Wildman–Crippen LogP) is 4.66. The molecule has 0 unspecified atom stereocenters. The lowest BCUT2D eigenvalue weighted by atomic mass is 10.0. The smallest absolute Gasteiger partial charge is 0.258 e. The first-order chi connectivity index (χ1) is 13.9. The second-order valence-electron chi connectivity index (χ2n) is 7.73. The van der Waals surface area contributed by atoms with Crippen LogP contribution in [-0.2, 0) is 0 Å². The van der Waals surface area contributed by atoms with Gasteiger partial charge in [0.15, 0.2) is 0 Å². The van der Waals surface area contributed by atoms with Crippen molar-refractivity contribution in [2.24, 2.45) is 0 Å². The van der Waals surface area contributed by atoms with E-state index < -0.39 is 0 Å². The van der Waals surface area contributed by atoms with Crippen LogP contribution in [0, 0.1) is 5.41 Å². The number of amides is 1. The average molecular weight is 414 g/mol. The predicted molar refractivity (Wildman–Crippen MR) is 120 cm³/mol. The molecule has 6 nitrogen and oxygen atoms in total. The molecule has 0 aliphatic carbocycles. The largest absolute Gasteiger partial charge is 0.367 e. The van der Waals surface area contributed by atoms with Crippen LogP contribution in [0.1, 0.15) is 61.0 Å². The Morgan fingerprint density at radius 1 is 1.24 bits per heavy atom. The van der Waals surface area contributed by atoms with Crippen LogP contribution in [0.4, 0.5) is 11.5 Å². The van der Waals surface area contributed by atoms with Gasteiger partial charge in [-0.05, 0) is 56.5 Å². The number of hydrogen-bond donors (Lipinski definition) is 4. The van der Waals surface area contributed by atoms with Gasteiger partial charge in [0.05, 0.1) is 16.1 Å². The molecule has 3 rings (SSSR count). The molecule has 1 aromatic carbocycles. The van der Waals surface area contributed by atoms with E-state index in [9.17, 15) is 4.79 Å². The zero-order valence-electron chi connectivity index (χ0n) is 17.1. The lowest BCUT2D eigenvalue weighted by molar-refractivity contribution is 0.102. The number of hydrogen-bond acceptors (Lipinski definition) is 5. The zero-order valence-corrected chi connectivity index (χ0v) is 17.9. The first-order valence-electron chi connectivity index (χ1n) is 9.99. The van der Waals surface area contributed by atoms with Gasteiger partial charge in [-0.15, -0.1) is 0 Å². The molecule has 29 heavy (non-hydrogen) atoms. The molecule has 1 fully saturated rings. The number of nitrogens with one attached hydrogen (secondary N) is 4. The minimum Gasteiger partial charge on any atom is -0.367 e. The van der Waals surface area contributed by atoms with E-state index in [1.807, 2.05) is 24.3 Å². The Morgan fingerprint density at radius 2 is 1.90 bits per heavy atom. The van der Waals surface area contributed by atoms with Gasteiger partial charge in [0.1, 0.15) is 5.82 Å². The highest BCUT2D eigenvalue weighted by molar-refractivity contribution is 6.38. The zero-order chi connectivity index (χ0) is 21.0. The third-order valence-electron chi connectivity index (χ3n) is 5.15. The number of nitrogens with zero attached hydrogens (tertiary/aromatic N) is 1. The fourth-order valence-corrected chi connectivity index (χ4v) is 3.77. The average Bonchev–Trinajstić information content (AvgIpc) is 2.69. The summed E-state index contributed by atoms with van der Waals surface area (Å²) >= 11 is 6.56. The summed E-state index contributed by atoms with van der Waals surface area (Å²) in [4.78, 5) is 17.2. The molecule has 1 aliphatic rings. The molecule has 1 amide bonds. The maximum Gasteiger partial charge on any atom is 0.258 e. The van der Waals surface area contributed by atoms with E-state index in [1.54, 1.807) is 6.92 Å². The maximum absolute atomic E-state index is 12.8. The Hall–Kier alpha value is -2.44. The molecule has 7 heteroatoms. The highest BCUT2D eigenvalue weighted by Crippen LogP contribution is 2.29. The Labute approximate surface area is 177 Å². The Kier molecular flexibility index (Phi) is 6.87. The van der Waals surface area contributed by atoms with Crippen LogP contribution in [-0.4, -0.2) is 35.7 Å². The summed E-state index contributed by atoms with van der Waals surface area (Å²) in [6, 6.07) is 8.03. The molecule has 154 valence electrons. The molecule has 0 saturated carbocycles. The molecular formula is C22H28ClN5O. The fourth-order valence-electron chi connectivity index (χ4n) is 3.41. The quantitative estimate of drug-likeness (QED) is 0.518. The molecule has 1 aromatic heterocycles. The standard InChI is InChI=1S/C22H28ClN5O/c1-13(2)15-4-6-16(7-5-15)28-22(29)18-12-26-21(19(14(3)24)20(18)23)27-17-8-10-25-11-9-17/h4-7,12-13,17,24-25H,8-11H2,1-3H3,(H,26,27)(H,28,29). The normalized spacial score (nSPS) is 14.7. The van der Waals surface area contributed by atoms with Crippen LogP contribution in [0.5, 0.6) is 0 Å². The number of halogens is 1. The fraction of sp³-hybridized carbons (Fsp3) is 0.409. The van der Waals surface area contributed by atoms with Crippen molar-refractivity contribution in [2.45, 2.75) is 45.6 Å². The summed E-state index contributed by atoms with van der Waals surface area (Å²) in [5.41, 5.74) is 2.91. The van der Waals surface area contributed by atoms with E-state index in [1.165, 1.54) is 11.8 Å². The van der Waals surface area contributed by atoms with Gasteiger partial charge in [0.2, 0.25) is 0 Å². The minimum atomic E-state index is -0.337. The molecule has 0 spiro atoms. The van der Waals surface area contributed by atoms with Crippen LogP contribution in [0.15, 0.2) is 30.5 Å². The highest BCUT2D eigenvalue weighted by atomic mass is 35.5. The topological polar surface area (TPSA) is 89.9 Å². The molecule has 0 bridgehead atoms. The van der Waals surface area contributed by atoms with Crippen molar-refractivity contribution in [3.05, 3.63) is 52.2 Å². The number of carbonyl (C=O) groups excluding carboxylic acids is 1. The Bertz CT molecular complexity index is 889. The number of carbonyl (C=O) groups is 1. The van der Waals surface area contributed by atoms with Crippen molar-refractivity contribution in [2.75, 3.05) is 23.7 Å². The van der Waals surface area contributed by atoms with Gasteiger partial charge < -0.3 is 21.4 Å². The molecule has 2 heterocycles. The van der Waals surface area contributed by atoms with Gasteiger partial charge in [-0.25, -0.2) is 4.98 Å². The summed E-state index contributed by atoms with van der Waals surface area (Å²) in [5.74, 6) is 0.652. The van der Waals surface area contributed by atoms with Gasteiger partial charge in [0, 0.05) is 23.6 Å². The van der Waals surface area contributed by atoms with Crippen LogP contribution in [0.2, 0.25) is 5.02 Å². The van der Waals surface area contributed by atoms with Crippen molar-refractivity contribution in [1.29, 1.82) is 5.41 Å². The van der Waals surface area contributed by atoms with E-state index in [0.717, 1.165) is 25.9 Å². The highest BCUT2D eigenvalue weighted by Gasteiger charge is 2.22. The number of piperidine rings is 1. The number of pyridine rings is 1. The Morgan fingerprint density at radius 3 is 2.48 bits per heavy atom. The summed E-state index contributed by atoms with van der Waals surface area (Å²) < 4.78 is 0. The van der Waals surface area contributed by atoms with Gasteiger partial charge >= 0.3 is 0 Å². The molecule has 0 atom stereocenters. The number of rotatable bonds is 6. The summed E-state index contributed by atoms with van der Waals surface area (Å²) in [6.45, 7) is 7.79. The minimum absolute atomic E-state index is 0.250. The van der Waals surface area contributed by atoms with E-state index in [0.29, 0.717) is 23.0 Å². The summed E-state index contributed by atoms with van der Waals surface area (Å²) in [7, 11) is 0. The molecule has 1 saturated heterocycles. The third-order valence-corrected chi connectivity index (χ3v) is 5.54. The molecule has 2 aromatic rings. The van der Waals surface area contributed by atoms with E-state index in [4.69, 9.17) is 17.0 Å². The first-order valence-corrected chi connectivity index (χ1v) is 10.4. The first kappa shape index (κ1) is 21.3. The van der Waals surface area contributed by atoms with Crippen molar-refractivity contribution in [3.63, 3.8) is 0 Å². The van der Waals surface area contributed by atoms with Gasteiger partial charge in [-0.3, -0.25) is 4.79 Å². The number of anilines is 2. The van der Waals surface area contributed by atoms with Crippen LogP contribution in [0.3, 0.4) is 0 Å². The van der Waals surface area contributed by atoms with Crippen molar-refractivity contribution < 1.29 is 4.79 Å². The van der Waals surface area contributed by atoms with Crippen LogP contribution < -0.4 is 16.0 Å². The van der Waals surface area contributed by atoms with Crippen molar-refractivity contribution >= 4 is 34.7 Å².